The second kappa shape index (κ2) is 2.85. The zero-order valence-electron chi connectivity index (χ0n) is 7.73. The van der Waals surface area contributed by atoms with Gasteiger partial charge in [-0.15, -0.1) is 0 Å². The maximum Gasteiger partial charge on any atom is 0.166 e. The maximum atomic E-state index is 11.6. The Hall–Kier alpha value is -0.820. The first-order chi connectivity index (χ1) is 6.09. The van der Waals surface area contributed by atoms with Crippen LogP contribution in [0, 0.1) is 12.8 Å². The van der Waals surface area contributed by atoms with Crippen LogP contribution in [0.2, 0.25) is 5.02 Å². The van der Waals surface area contributed by atoms with Gasteiger partial charge in [0.25, 0.3) is 0 Å². The van der Waals surface area contributed by atoms with Crippen molar-refractivity contribution in [2.24, 2.45) is 5.92 Å². The summed E-state index contributed by atoms with van der Waals surface area (Å²) in [4.78, 5) is 11.6. The van der Waals surface area contributed by atoms with Gasteiger partial charge in [-0.05, 0) is 36.6 Å². The van der Waals surface area contributed by atoms with Gasteiger partial charge in [-0.1, -0.05) is 18.5 Å². The highest BCUT2D eigenvalue weighted by Crippen LogP contribution is 2.31. The van der Waals surface area contributed by atoms with Crippen molar-refractivity contribution in [3.05, 3.63) is 33.8 Å². The summed E-state index contributed by atoms with van der Waals surface area (Å²) in [7, 11) is 0. The molecule has 1 unspecified atom stereocenters. The Morgan fingerprint density at radius 2 is 2.15 bits per heavy atom. The Kier molecular flexibility index (Phi) is 1.92. The van der Waals surface area contributed by atoms with Crippen LogP contribution in [0.4, 0.5) is 0 Å². The Balaban J connectivity index is 2.64. The molecule has 2 rings (SSSR count). The highest BCUT2D eigenvalue weighted by Gasteiger charge is 2.28. The first kappa shape index (κ1) is 8.76. The van der Waals surface area contributed by atoms with Crippen LogP contribution in [-0.2, 0) is 6.42 Å². The summed E-state index contributed by atoms with van der Waals surface area (Å²) in [5, 5.41) is 0.665. The number of fused-ring (bicyclic) bond motifs is 1. The second-order valence-corrected chi connectivity index (χ2v) is 4.15. The minimum Gasteiger partial charge on any atom is -0.294 e. The van der Waals surface area contributed by atoms with Gasteiger partial charge in [-0.2, -0.15) is 0 Å². The highest BCUT2D eigenvalue weighted by atomic mass is 35.5. The quantitative estimate of drug-likeness (QED) is 0.621. The fourth-order valence-electron chi connectivity index (χ4n) is 1.93. The topological polar surface area (TPSA) is 17.1 Å². The van der Waals surface area contributed by atoms with Crippen molar-refractivity contribution in [2.45, 2.75) is 20.3 Å². The molecule has 0 aliphatic heterocycles. The molecule has 2 heteroatoms. The van der Waals surface area contributed by atoms with E-state index in [9.17, 15) is 4.79 Å². The van der Waals surface area contributed by atoms with E-state index in [2.05, 4.69) is 0 Å². The molecule has 1 nitrogen and oxygen atoms in total. The van der Waals surface area contributed by atoms with Gasteiger partial charge in [0.2, 0.25) is 0 Å². The largest absolute Gasteiger partial charge is 0.294 e. The number of halogens is 1. The van der Waals surface area contributed by atoms with Crippen LogP contribution in [0.15, 0.2) is 12.1 Å². The van der Waals surface area contributed by atoms with Crippen molar-refractivity contribution in [1.82, 2.24) is 0 Å². The van der Waals surface area contributed by atoms with Crippen molar-refractivity contribution < 1.29 is 4.79 Å². The van der Waals surface area contributed by atoms with E-state index in [1.807, 2.05) is 19.9 Å². The van der Waals surface area contributed by atoms with Crippen molar-refractivity contribution in [3.63, 3.8) is 0 Å². The molecule has 0 aromatic heterocycles. The fraction of sp³-hybridized carbons (Fsp3) is 0.364. The number of carbonyl (C=O) groups is 1. The number of benzene rings is 1. The van der Waals surface area contributed by atoms with Gasteiger partial charge in [-0.3, -0.25) is 4.79 Å². The molecule has 13 heavy (non-hydrogen) atoms. The van der Waals surface area contributed by atoms with Crippen LogP contribution in [0.1, 0.15) is 28.4 Å². The third kappa shape index (κ3) is 1.28. The lowest BCUT2D eigenvalue weighted by Gasteiger charge is -2.02. The van der Waals surface area contributed by atoms with E-state index >= 15 is 0 Å². The lowest BCUT2D eigenvalue weighted by molar-refractivity contribution is 0.0946. The number of Topliss-reactive ketones (excluding diaryl/α,β-unsaturated/α-hetero) is 1. The molecule has 1 aromatic rings. The number of hydrogen-bond acceptors (Lipinski definition) is 1. The normalized spacial score (nSPS) is 20.5. The summed E-state index contributed by atoms with van der Waals surface area (Å²) < 4.78 is 0. The van der Waals surface area contributed by atoms with Crippen molar-refractivity contribution in [1.29, 1.82) is 0 Å². The highest BCUT2D eigenvalue weighted by molar-refractivity contribution is 6.31. The molecule has 1 aliphatic carbocycles. The molecule has 0 amide bonds. The van der Waals surface area contributed by atoms with Crippen LogP contribution in [0.5, 0.6) is 0 Å². The first-order valence-electron chi connectivity index (χ1n) is 4.43. The molecule has 1 aromatic carbocycles. The summed E-state index contributed by atoms with van der Waals surface area (Å²) >= 11 is 5.89. The molecule has 1 atom stereocenters. The molecular weight excluding hydrogens is 184 g/mol. The van der Waals surface area contributed by atoms with Crippen LogP contribution in [-0.4, -0.2) is 5.78 Å². The summed E-state index contributed by atoms with van der Waals surface area (Å²) in [6.07, 6.45) is 0.872. The van der Waals surface area contributed by atoms with E-state index in [4.69, 9.17) is 11.6 Å². The molecule has 0 radical (unpaired) electrons. The molecule has 0 heterocycles. The van der Waals surface area contributed by atoms with E-state index in [1.54, 1.807) is 6.07 Å². The zero-order chi connectivity index (χ0) is 9.59. The van der Waals surface area contributed by atoms with Gasteiger partial charge in [0.15, 0.2) is 5.78 Å². The molecule has 0 N–H and O–H groups in total. The van der Waals surface area contributed by atoms with Crippen LogP contribution >= 0.6 is 11.6 Å². The Morgan fingerprint density at radius 3 is 2.85 bits per heavy atom. The third-order valence-corrected chi connectivity index (χ3v) is 2.88. The van der Waals surface area contributed by atoms with E-state index in [1.165, 1.54) is 5.56 Å². The predicted molar refractivity (Wildman–Crippen MR) is 53.4 cm³/mol. The molecule has 68 valence electrons. The average molecular weight is 195 g/mol. The number of aryl methyl sites for hydroxylation is 1. The third-order valence-electron chi connectivity index (χ3n) is 2.66. The molecule has 0 spiro atoms. The van der Waals surface area contributed by atoms with Crippen molar-refractivity contribution in [2.75, 3.05) is 0 Å². The van der Waals surface area contributed by atoms with Crippen LogP contribution < -0.4 is 0 Å². The van der Waals surface area contributed by atoms with Crippen molar-refractivity contribution in [3.8, 4) is 0 Å². The van der Waals surface area contributed by atoms with Gasteiger partial charge in [0, 0.05) is 16.5 Å². The van der Waals surface area contributed by atoms with Gasteiger partial charge in [0.1, 0.15) is 0 Å². The monoisotopic (exact) mass is 194 g/mol. The molecular formula is C11H11ClO. The summed E-state index contributed by atoms with van der Waals surface area (Å²) in [6.45, 7) is 3.98. The van der Waals surface area contributed by atoms with Crippen LogP contribution in [0.3, 0.4) is 0 Å². The molecule has 0 saturated heterocycles. The number of carbonyl (C=O) groups excluding carboxylic acids is 1. The van der Waals surface area contributed by atoms with Gasteiger partial charge in [-0.25, -0.2) is 0 Å². The number of rotatable bonds is 0. The second-order valence-electron chi connectivity index (χ2n) is 3.72. The SMILES string of the molecule is Cc1cc(Cl)cc2c1CC(C)C2=O. The Bertz CT molecular complexity index is 382. The summed E-state index contributed by atoms with van der Waals surface area (Å²) in [5.41, 5.74) is 3.15. The Morgan fingerprint density at radius 1 is 1.46 bits per heavy atom. The van der Waals surface area contributed by atoms with E-state index in [0.29, 0.717) is 5.02 Å². The Labute approximate surface area is 82.7 Å². The smallest absolute Gasteiger partial charge is 0.166 e. The summed E-state index contributed by atoms with van der Waals surface area (Å²) in [5.74, 6) is 0.368. The van der Waals surface area contributed by atoms with Gasteiger partial charge in [0.05, 0.1) is 0 Å². The van der Waals surface area contributed by atoms with Gasteiger partial charge >= 0.3 is 0 Å². The summed E-state index contributed by atoms with van der Waals surface area (Å²) in [6, 6.07) is 3.71. The molecule has 0 saturated carbocycles. The van der Waals surface area contributed by atoms with E-state index in [-0.39, 0.29) is 11.7 Å². The first-order valence-corrected chi connectivity index (χ1v) is 4.80. The van der Waals surface area contributed by atoms with E-state index < -0.39 is 0 Å². The maximum absolute atomic E-state index is 11.6. The lowest BCUT2D eigenvalue weighted by atomic mass is 10.0. The van der Waals surface area contributed by atoms with Crippen LogP contribution in [0.25, 0.3) is 0 Å². The minimum atomic E-state index is 0.132. The van der Waals surface area contributed by atoms with E-state index in [0.717, 1.165) is 17.5 Å². The van der Waals surface area contributed by atoms with Crippen molar-refractivity contribution >= 4 is 17.4 Å². The standard InChI is InChI=1S/C11H11ClO/c1-6-3-8(12)5-10-9(6)4-7(2)11(10)13/h3,5,7H,4H2,1-2H3. The average Bonchev–Trinajstić information content (AvgIpc) is 2.32. The zero-order valence-corrected chi connectivity index (χ0v) is 8.48. The minimum absolute atomic E-state index is 0.132. The molecule has 1 aliphatic rings. The fourth-order valence-corrected chi connectivity index (χ4v) is 2.20. The number of ketones is 1. The number of hydrogen-bond donors (Lipinski definition) is 0. The van der Waals surface area contributed by atoms with Gasteiger partial charge < -0.3 is 0 Å². The molecule has 0 bridgehead atoms. The predicted octanol–water partition coefficient (Wildman–Crippen LogP) is 3.02. The molecule has 0 fully saturated rings. The lowest BCUT2D eigenvalue weighted by Crippen LogP contribution is -2.02.